The summed E-state index contributed by atoms with van der Waals surface area (Å²) in [5, 5.41) is 11.5. The van der Waals surface area contributed by atoms with Crippen LogP contribution in [0.4, 0.5) is 0 Å². The van der Waals surface area contributed by atoms with Gasteiger partial charge in [0.2, 0.25) is 6.41 Å². The first-order valence-corrected chi connectivity index (χ1v) is 7.10. The van der Waals surface area contributed by atoms with Crippen molar-refractivity contribution in [3.63, 3.8) is 0 Å². The summed E-state index contributed by atoms with van der Waals surface area (Å²) in [4.78, 5) is 23.2. The summed E-state index contributed by atoms with van der Waals surface area (Å²) in [5.74, 6) is 0.189. The quantitative estimate of drug-likeness (QED) is 0.812. The van der Waals surface area contributed by atoms with Crippen molar-refractivity contribution < 1.29 is 14.3 Å². The second-order valence-electron chi connectivity index (χ2n) is 5.11. The molecular formula is C16H18N2O3. The van der Waals surface area contributed by atoms with Gasteiger partial charge in [0.1, 0.15) is 17.9 Å². The third kappa shape index (κ3) is 3.22. The molecule has 1 amide bonds. The molecule has 2 rings (SSSR count). The number of carbonyl (C=O) groups is 2. The fraction of sp³-hybridized carbons (Fsp3) is 0.438. The number of para-hydroxylation sites is 1. The number of carbonyl (C=O) groups excluding carboxylic acids is 2. The number of rotatable bonds is 6. The maximum absolute atomic E-state index is 12.7. The SMILES string of the molecule is CCCC1Oc2ccccc2C(=O)C1CC(C#N)NC=O. The van der Waals surface area contributed by atoms with Gasteiger partial charge < -0.3 is 10.1 Å². The van der Waals surface area contributed by atoms with Gasteiger partial charge in [-0.05, 0) is 25.0 Å². The van der Waals surface area contributed by atoms with Crippen LogP contribution in [-0.4, -0.2) is 24.3 Å². The normalized spacial score (nSPS) is 21.6. The Labute approximate surface area is 123 Å². The van der Waals surface area contributed by atoms with E-state index in [-0.39, 0.29) is 18.3 Å². The lowest BCUT2D eigenvalue weighted by atomic mass is 9.83. The van der Waals surface area contributed by atoms with Crippen LogP contribution in [0.5, 0.6) is 5.75 Å². The number of Topliss-reactive ketones (excluding diaryl/α,β-unsaturated/α-hetero) is 1. The van der Waals surface area contributed by atoms with Crippen molar-refractivity contribution in [2.75, 3.05) is 0 Å². The van der Waals surface area contributed by atoms with Crippen molar-refractivity contribution in [1.29, 1.82) is 5.26 Å². The molecule has 3 atom stereocenters. The lowest BCUT2D eigenvalue weighted by Crippen LogP contribution is -2.42. The molecule has 1 heterocycles. The average molecular weight is 286 g/mol. The molecule has 0 aromatic heterocycles. The zero-order valence-corrected chi connectivity index (χ0v) is 11.9. The minimum atomic E-state index is -0.676. The number of nitrogens with one attached hydrogen (secondary N) is 1. The summed E-state index contributed by atoms with van der Waals surface area (Å²) < 4.78 is 5.93. The molecule has 0 spiro atoms. The summed E-state index contributed by atoms with van der Waals surface area (Å²) in [6.45, 7) is 2.02. The largest absolute Gasteiger partial charge is 0.489 e. The molecular weight excluding hydrogens is 268 g/mol. The van der Waals surface area contributed by atoms with Gasteiger partial charge in [0.05, 0.1) is 17.6 Å². The molecule has 0 bridgehead atoms. The van der Waals surface area contributed by atoms with Crippen molar-refractivity contribution in [2.45, 2.75) is 38.3 Å². The number of hydrogen-bond donors (Lipinski definition) is 1. The molecule has 1 aliphatic heterocycles. The Morgan fingerprint density at radius 3 is 2.90 bits per heavy atom. The Bertz CT molecular complexity index is 565. The van der Waals surface area contributed by atoms with Gasteiger partial charge in [-0.15, -0.1) is 0 Å². The number of nitriles is 1. The van der Waals surface area contributed by atoms with Crippen LogP contribution in [0.1, 0.15) is 36.5 Å². The molecule has 3 unspecified atom stereocenters. The first-order valence-electron chi connectivity index (χ1n) is 7.10. The molecule has 1 aliphatic rings. The van der Waals surface area contributed by atoms with E-state index in [0.717, 1.165) is 12.8 Å². The molecule has 0 radical (unpaired) electrons. The molecule has 0 saturated heterocycles. The van der Waals surface area contributed by atoms with Gasteiger partial charge >= 0.3 is 0 Å². The fourth-order valence-electron chi connectivity index (χ4n) is 2.68. The molecule has 1 aromatic carbocycles. The van der Waals surface area contributed by atoms with Crippen LogP contribution in [0.2, 0.25) is 0 Å². The maximum atomic E-state index is 12.7. The Morgan fingerprint density at radius 1 is 1.48 bits per heavy atom. The molecule has 110 valence electrons. The summed E-state index contributed by atoms with van der Waals surface area (Å²) in [6, 6.07) is 8.49. The number of nitrogens with zero attached hydrogens (tertiary/aromatic N) is 1. The Morgan fingerprint density at radius 2 is 2.24 bits per heavy atom. The van der Waals surface area contributed by atoms with Crippen LogP contribution in [0.15, 0.2) is 24.3 Å². The van der Waals surface area contributed by atoms with Crippen LogP contribution in [0.3, 0.4) is 0 Å². The highest BCUT2D eigenvalue weighted by molar-refractivity contribution is 6.01. The van der Waals surface area contributed by atoms with Gasteiger partial charge in [0.25, 0.3) is 0 Å². The maximum Gasteiger partial charge on any atom is 0.208 e. The highest BCUT2D eigenvalue weighted by Crippen LogP contribution is 2.34. The molecule has 5 heteroatoms. The number of hydrogen-bond acceptors (Lipinski definition) is 4. The Hall–Kier alpha value is -2.35. The monoisotopic (exact) mass is 286 g/mol. The van der Waals surface area contributed by atoms with Gasteiger partial charge in [-0.2, -0.15) is 5.26 Å². The van der Waals surface area contributed by atoms with Crippen molar-refractivity contribution in [1.82, 2.24) is 5.32 Å². The molecule has 0 saturated carbocycles. The minimum absolute atomic E-state index is 0.0109. The zero-order chi connectivity index (χ0) is 15.2. The number of benzene rings is 1. The highest BCUT2D eigenvalue weighted by Gasteiger charge is 2.37. The molecule has 0 fully saturated rings. The summed E-state index contributed by atoms with van der Waals surface area (Å²) in [5.41, 5.74) is 0.553. The predicted molar refractivity (Wildman–Crippen MR) is 76.8 cm³/mol. The van der Waals surface area contributed by atoms with Crippen molar-refractivity contribution in [3.8, 4) is 11.8 Å². The lowest BCUT2D eigenvalue weighted by molar-refractivity contribution is -0.110. The predicted octanol–water partition coefficient (Wildman–Crippen LogP) is 2.07. The first-order chi connectivity index (χ1) is 10.2. The topological polar surface area (TPSA) is 79.2 Å². The summed E-state index contributed by atoms with van der Waals surface area (Å²) in [7, 11) is 0. The third-order valence-electron chi connectivity index (χ3n) is 3.70. The van der Waals surface area contributed by atoms with E-state index < -0.39 is 12.0 Å². The van der Waals surface area contributed by atoms with E-state index in [9.17, 15) is 9.59 Å². The minimum Gasteiger partial charge on any atom is -0.489 e. The van der Waals surface area contributed by atoms with E-state index in [1.165, 1.54) is 0 Å². The van der Waals surface area contributed by atoms with Gasteiger partial charge in [-0.25, -0.2) is 0 Å². The standard InChI is InChI=1S/C16H18N2O3/c1-2-5-14-13(8-11(9-17)18-10-19)16(20)12-6-3-4-7-15(12)21-14/h3-4,6-7,10-11,13-14H,2,5,8H2,1H3,(H,18,19). The smallest absolute Gasteiger partial charge is 0.208 e. The summed E-state index contributed by atoms with van der Waals surface area (Å²) >= 11 is 0. The van der Waals surface area contributed by atoms with Crippen molar-refractivity contribution >= 4 is 12.2 Å². The van der Waals surface area contributed by atoms with Gasteiger partial charge in [-0.1, -0.05) is 25.5 Å². The van der Waals surface area contributed by atoms with Crippen LogP contribution in [0.25, 0.3) is 0 Å². The molecule has 21 heavy (non-hydrogen) atoms. The Balaban J connectivity index is 2.26. The van der Waals surface area contributed by atoms with E-state index in [1.807, 2.05) is 19.1 Å². The number of fused-ring (bicyclic) bond motifs is 1. The average Bonchev–Trinajstić information content (AvgIpc) is 2.50. The zero-order valence-electron chi connectivity index (χ0n) is 11.9. The van der Waals surface area contributed by atoms with Gasteiger partial charge in [0, 0.05) is 0 Å². The second kappa shape index (κ2) is 6.89. The lowest BCUT2D eigenvalue weighted by Gasteiger charge is -2.33. The van der Waals surface area contributed by atoms with E-state index in [1.54, 1.807) is 18.2 Å². The van der Waals surface area contributed by atoms with Crippen LogP contribution < -0.4 is 10.1 Å². The number of ketones is 1. The number of amides is 1. The van der Waals surface area contributed by atoms with Gasteiger partial charge in [0.15, 0.2) is 5.78 Å². The molecule has 5 nitrogen and oxygen atoms in total. The van der Waals surface area contributed by atoms with Crippen LogP contribution in [-0.2, 0) is 4.79 Å². The first kappa shape index (κ1) is 15.0. The van der Waals surface area contributed by atoms with Crippen LogP contribution >= 0.6 is 0 Å². The summed E-state index contributed by atoms with van der Waals surface area (Å²) in [6.07, 6.45) is 2.14. The van der Waals surface area contributed by atoms with Crippen molar-refractivity contribution in [2.24, 2.45) is 5.92 Å². The van der Waals surface area contributed by atoms with Crippen molar-refractivity contribution in [3.05, 3.63) is 29.8 Å². The van der Waals surface area contributed by atoms with Gasteiger partial charge in [-0.3, -0.25) is 9.59 Å². The molecule has 1 N–H and O–H groups in total. The highest BCUT2D eigenvalue weighted by atomic mass is 16.5. The van der Waals surface area contributed by atoms with E-state index in [4.69, 9.17) is 10.00 Å². The molecule has 1 aromatic rings. The second-order valence-corrected chi connectivity index (χ2v) is 5.11. The third-order valence-corrected chi connectivity index (χ3v) is 3.70. The molecule has 0 aliphatic carbocycles. The van der Waals surface area contributed by atoms with Crippen LogP contribution in [0, 0.1) is 17.2 Å². The van der Waals surface area contributed by atoms with E-state index in [0.29, 0.717) is 17.7 Å². The fourth-order valence-corrected chi connectivity index (χ4v) is 2.68. The Kier molecular flexibility index (Phi) is 4.94. The number of ether oxygens (including phenoxy) is 1. The van der Waals surface area contributed by atoms with E-state index >= 15 is 0 Å². The van der Waals surface area contributed by atoms with E-state index in [2.05, 4.69) is 5.32 Å².